The Morgan fingerprint density at radius 2 is 2.18 bits per heavy atom. The van der Waals surface area contributed by atoms with Gasteiger partial charge in [0.05, 0.1) is 0 Å². The summed E-state index contributed by atoms with van der Waals surface area (Å²) < 4.78 is 13.5. The monoisotopic (exact) mass is 265 g/mol. The molecule has 0 aliphatic heterocycles. The maximum atomic E-state index is 12.9. The van der Waals surface area contributed by atoms with Gasteiger partial charge in [-0.2, -0.15) is 0 Å². The standard InChI is InChI=1S/C8H9FIN/c9-7-5-6(3-4-11)1-2-8(7)10/h1-2,5H,3-4,11H2. The second-order valence-corrected chi connectivity index (χ2v) is 3.45. The van der Waals surface area contributed by atoms with Crippen molar-refractivity contribution in [1.29, 1.82) is 0 Å². The average Bonchev–Trinajstić information content (AvgIpc) is 1.98. The molecule has 0 aliphatic rings. The summed E-state index contributed by atoms with van der Waals surface area (Å²) in [6.07, 6.45) is 0.744. The van der Waals surface area contributed by atoms with Crippen molar-refractivity contribution in [2.24, 2.45) is 5.73 Å². The minimum absolute atomic E-state index is 0.156. The van der Waals surface area contributed by atoms with Crippen LogP contribution in [0.3, 0.4) is 0 Å². The molecule has 2 N–H and O–H groups in total. The van der Waals surface area contributed by atoms with Crippen molar-refractivity contribution in [2.45, 2.75) is 6.42 Å². The fourth-order valence-corrected chi connectivity index (χ4v) is 1.20. The normalized spacial score (nSPS) is 10.1. The van der Waals surface area contributed by atoms with Gasteiger partial charge in [-0.3, -0.25) is 0 Å². The molecule has 0 aromatic heterocycles. The van der Waals surface area contributed by atoms with Gasteiger partial charge in [0, 0.05) is 3.57 Å². The first-order valence-corrected chi connectivity index (χ1v) is 4.46. The van der Waals surface area contributed by atoms with Crippen LogP contribution in [0.15, 0.2) is 18.2 Å². The second-order valence-electron chi connectivity index (χ2n) is 2.29. The van der Waals surface area contributed by atoms with Crippen molar-refractivity contribution in [3.63, 3.8) is 0 Å². The lowest BCUT2D eigenvalue weighted by Gasteiger charge is -1.99. The molecule has 0 heterocycles. The Morgan fingerprint density at radius 1 is 1.45 bits per heavy atom. The molecule has 0 saturated heterocycles. The Kier molecular flexibility index (Phi) is 3.26. The van der Waals surface area contributed by atoms with E-state index in [9.17, 15) is 4.39 Å². The van der Waals surface area contributed by atoms with Crippen LogP contribution in [0, 0.1) is 9.39 Å². The number of hydrogen-bond donors (Lipinski definition) is 1. The quantitative estimate of drug-likeness (QED) is 0.812. The first-order chi connectivity index (χ1) is 5.24. The SMILES string of the molecule is NCCc1ccc(I)c(F)c1. The summed E-state index contributed by atoms with van der Waals surface area (Å²) in [5.74, 6) is -0.156. The molecule has 0 bridgehead atoms. The van der Waals surface area contributed by atoms with Crippen LogP contribution in [0.2, 0.25) is 0 Å². The van der Waals surface area contributed by atoms with Gasteiger partial charge >= 0.3 is 0 Å². The number of nitrogens with two attached hydrogens (primary N) is 1. The maximum Gasteiger partial charge on any atom is 0.136 e. The smallest absolute Gasteiger partial charge is 0.136 e. The van der Waals surface area contributed by atoms with Crippen molar-refractivity contribution in [2.75, 3.05) is 6.54 Å². The van der Waals surface area contributed by atoms with E-state index in [0.29, 0.717) is 10.1 Å². The highest BCUT2D eigenvalue weighted by atomic mass is 127. The summed E-state index contributed by atoms with van der Waals surface area (Å²) >= 11 is 1.96. The Bertz CT molecular complexity index is 250. The maximum absolute atomic E-state index is 12.9. The average molecular weight is 265 g/mol. The highest BCUT2D eigenvalue weighted by molar-refractivity contribution is 14.1. The fourth-order valence-electron chi connectivity index (χ4n) is 0.862. The predicted molar refractivity (Wildman–Crippen MR) is 51.9 cm³/mol. The molecule has 0 unspecified atom stereocenters. The number of benzene rings is 1. The predicted octanol–water partition coefficient (Wildman–Crippen LogP) is 1.93. The van der Waals surface area contributed by atoms with Crippen LogP contribution in [-0.4, -0.2) is 6.54 Å². The fraction of sp³-hybridized carbons (Fsp3) is 0.250. The highest BCUT2D eigenvalue weighted by Crippen LogP contribution is 2.12. The van der Waals surface area contributed by atoms with E-state index in [2.05, 4.69) is 0 Å². The topological polar surface area (TPSA) is 26.0 Å². The summed E-state index contributed by atoms with van der Waals surface area (Å²) in [4.78, 5) is 0. The third-order valence-corrected chi connectivity index (χ3v) is 2.29. The van der Waals surface area contributed by atoms with Crippen molar-refractivity contribution >= 4 is 22.6 Å². The minimum Gasteiger partial charge on any atom is -0.330 e. The van der Waals surface area contributed by atoms with Crippen LogP contribution in [0.5, 0.6) is 0 Å². The molecule has 1 nitrogen and oxygen atoms in total. The van der Waals surface area contributed by atoms with Crippen LogP contribution in [0.1, 0.15) is 5.56 Å². The summed E-state index contributed by atoms with van der Waals surface area (Å²) in [5.41, 5.74) is 6.29. The lowest BCUT2D eigenvalue weighted by molar-refractivity contribution is 0.618. The van der Waals surface area contributed by atoms with Crippen LogP contribution in [0.4, 0.5) is 4.39 Å². The van der Waals surface area contributed by atoms with Crippen molar-refractivity contribution < 1.29 is 4.39 Å². The largest absolute Gasteiger partial charge is 0.330 e. The molecule has 0 spiro atoms. The molecule has 0 amide bonds. The second kappa shape index (κ2) is 4.01. The van der Waals surface area contributed by atoms with E-state index in [-0.39, 0.29) is 5.82 Å². The zero-order valence-corrected chi connectivity index (χ0v) is 8.14. The molecule has 0 saturated carbocycles. The third-order valence-electron chi connectivity index (χ3n) is 1.42. The van der Waals surface area contributed by atoms with Crippen LogP contribution in [0.25, 0.3) is 0 Å². The van der Waals surface area contributed by atoms with E-state index in [1.54, 1.807) is 6.07 Å². The first kappa shape index (κ1) is 8.93. The molecule has 1 aromatic carbocycles. The first-order valence-electron chi connectivity index (χ1n) is 3.38. The van der Waals surface area contributed by atoms with E-state index >= 15 is 0 Å². The van der Waals surface area contributed by atoms with E-state index in [1.807, 2.05) is 28.7 Å². The van der Waals surface area contributed by atoms with Crippen LogP contribution in [-0.2, 0) is 6.42 Å². The Labute approximate surface area is 78.9 Å². The zero-order chi connectivity index (χ0) is 8.27. The minimum atomic E-state index is -0.156. The van der Waals surface area contributed by atoms with Gasteiger partial charge in [0.1, 0.15) is 5.82 Å². The van der Waals surface area contributed by atoms with Gasteiger partial charge in [-0.05, 0) is 53.3 Å². The van der Waals surface area contributed by atoms with Crippen molar-refractivity contribution in [1.82, 2.24) is 0 Å². The van der Waals surface area contributed by atoms with Crippen molar-refractivity contribution in [3.05, 3.63) is 33.1 Å². The van der Waals surface area contributed by atoms with E-state index in [1.165, 1.54) is 6.07 Å². The molecule has 1 rings (SSSR count). The van der Waals surface area contributed by atoms with Gasteiger partial charge in [0.25, 0.3) is 0 Å². The van der Waals surface area contributed by atoms with Crippen LogP contribution < -0.4 is 5.73 Å². The molecule has 0 aliphatic carbocycles. The Morgan fingerprint density at radius 3 is 2.73 bits per heavy atom. The van der Waals surface area contributed by atoms with Gasteiger partial charge in [0.15, 0.2) is 0 Å². The van der Waals surface area contributed by atoms with Gasteiger partial charge in [-0.1, -0.05) is 6.07 Å². The number of halogens is 2. The van der Waals surface area contributed by atoms with Gasteiger partial charge in [-0.15, -0.1) is 0 Å². The summed E-state index contributed by atoms with van der Waals surface area (Å²) in [6, 6.07) is 5.20. The molecule has 1 aromatic rings. The molecule has 0 atom stereocenters. The molecule has 3 heteroatoms. The zero-order valence-electron chi connectivity index (χ0n) is 5.98. The van der Waals surface area contributed by atoms with E-state index in [0.717, 1.165) is 12.0 Å². The van der Waals surface area contributed by atoms with Crippen LogP contribution >= 0.6 is 22.6 Å². The molecular formula is C8H9FIN. The summed E-state index contributed by atoms with van der Waals surface area (Å²) in [6.45, 7) is 0.569. The van der Waals surface area contributed by atoms with Gasteiger partial charge < -0.3 is 5.73 Å². The lowest BCUT2D eigenvalue weighted by atomic mass is 10.1. The molecule has 11 heavy (non-hydrogen) atoms. The summed E-state index contributed by atoms with van der Waals surface area (Å²) in [7, 11) is 0. The molecule has 0 fully saturated rings. The molecule has 60 valence electrons. The highest BCUT2D eigenvalue weighted by Gasteiger charge is 1.98. The Balaban J connectivity index is 2.86. The molecular weight excluding hydrogens is 256 g/mol. The number of rotatable bonds is 2. The number of hydrogen-bond acceptors (Lipinski definition) is 1. The lowest BCUT2D eigenvalue weighted by Crippen LogP contribution is -2.02. The van der Waals surface area contributed by atoms with Crippen molar-refractivity contribution in [3.8, 4) is 0 Å². The van der Waals surface area contributed by atoms with Gasteiger partial charge in [0.2, 0.25) is 0 Å². The molecule has 0 radical (unpaired) electrons. The van der Waals surface area contributed by atoms with E-state index < -0.39 is 0 Å². The van der Waals surface area contributed by atoms with Gasteiger partial charge in [-0.25, -0.2) is 4.39 Å². The van der Waals surface area contributed by atoms with E-state index in [4.69, 9.17) is 5.73 Å². The Hall–Kier alpha value is -0.160. The third kappa shape index (κ3) is 2.41. The summed E-state index contributed by atoms with van der Waals surface area (Å²) in [5, 5.41) is 0.